The van der Waals surface area contributed by atoms with Crippen LogP contribution in [0.15, 0.2) is 84.9 Å². The molecule has 0 bridgehead atoms. The van der Waals surface area contributed by atoms with Gasteiger partial charge in [0, 0.05) is 40.8 Å². The maximum absolute atomic E-state index is 13.6. The normalized spacial score (nSPS) is 13.5. The molecule has 0 unspecified atom stereocenters. The molecule has 5 aromatic rings. The summed E-state index contributed by atoms with van der Waals surface area (Å²) in [5, 5.41) is 1.82. The fraction of sp³-hybridized carbons (Fsp3) is 0.261. The van der Waals surface area contributed by atoms with Gasteiger partial charge < -0.3 is 8.37 Å². The number of amides is 4. The molecule has 14 nitrogen and oxygen atoms in total. The average Bonchev–Trinajstić information content (AvgIpc) is 3.24. The highest BCUT2D eigenvalue weighted by atomic mass is 32.3. The lowest BCUT2D eigenvalue weighted by molar-refractivity contribution is -0.0209. The van der Waals surface area contributed by atoms with Crippen molar-refractivity contribution in [2.75, 3.05) is 0 Å². The summed E-state index contributed by atoms with van der Waals surface area (Å²) in [6.07, 6.45) is 9.59. The lowest BCUT2D eigenvalue weighted by Gasteiger charge is -2.25. The topological polar surface area (TPSA) is 180 Å². The Kier molecular flexibility index (Phi) is 13.1. The first-order chi connectivity index (χ1) is 29.8. The quantitative estimate of drug-likeness (QED) is 0.0526. The Morgan fingerprint density at radius 1 is 0.484 bits per heavy atom. The van der Waals surface area contributed by atoms with E-state index in [1.54, 1.807) is 36.4 Å². The second kappa shape index (κ2) is 18.6. The van der Waals surface area contributed by atoms with Gasteiger partial charge in [0.1, 0.15) is 11.5 Å². The number of nitrogens with zero attached hydrogens (tertiary/aromatic N) is 2. The van der Waals surface area contributed by atoms with Crippen LogP contribution in [0.1, 0.15) is 131 Å². The van der Waals surface area contributed by atoms with E-state index < -0.39 is 55.9 Å². The Labute approximate surface area is 359 Å². The highest BCUT2D eigenvalue weighted by molar-refractivity contribution is 7.82. The van der Waals surface area contributed by atoms with Crippen molar-refractivity contribution < 1.29 is 52.9 Å². The molecule has 62 heavy (non-hydrogen) atoms. The molecular weight excluding hydrogens is 837 g/mol. The van der Waals surface area contributed by atoms with Crippen LogP contribution in [0, 0.1) is 23.7 Å². The Morgan fingerprint density at radius 2 is 0.887 bits per heavy atom. The van der Waals surface area contributed by atoms with E-state index in [2.05, 4.69) is 37.5 Å². The largest absolute Gasteiger partial charge is 0.471 e. The molecule has 0 aliphatic carbocycles. The number of hydroxylamine groups is 4. The Bertz CT molecular complexity index is 2800. The van der Waals surface area contributed by atoms with E-state index in [1.807, 2.05) is 0 Å². The minimum absolute atomic E-state index is 0.0000926. The monoisotopic (exact) mass is 876 g/mol. The van der Waals surface area contributed by atoms with Crippen LogP contribution in [0.2, 0.25) is 0 Å². The van der Waals surface area contributed by atoms with Crippen LogP contribution in [-0.2, 0) is 29.4 Å². The van der Waals surface area contributed by atoms with E-state index in [0.29, 0.717) is 45.5 Å². The van der Waals surface area contributed by atoms with Gasteiger partial charge in [0.05, 0.1) is 22.3 Å². The smallest absolute Gasteiger partial charge is 0.360 e. The molecule has 16 heteroatoms. The maximum Gasteiger partial charge on any atom is 0.471 e. The molecular formula is C46H40N2O12S2. The van der Waals surface area contributed by atoms with Crippen molar-refractivity contribution in [1.29, 1.82) is 0 Å². The van der Waals surface area contributed by atoms with E-state index in [0.717, 1.165) is 75.6 Å². The standard InChI is InChI=1S/C46H40N2O12S2/c1-3-5-7-9-11-13-18-31-26-33-20-15-24-37-41(33)39(28-31)45(51)47(43(37)49)59-61(53,54)57-35-22-17-23-36(30-35)58-62(55,56)60-48-44(50)38-25-16-21-34-27-32(19-14-12-10-8-6-4-2)29-40(42(34)38)46(48)52/h15-17,20-30H,3-12H2,1-2H3. The van der Waals surface area contributed by atoms with Crippen molar-refractivity contribution >= 4 is 66.0 Å². The number of carbonyl (C=O) groups is 4. The van der Waals surface area contributed by atoms with E-state index in [4.69, 9.17) is 16.9 Å². The Hall–Kier alpha value is -6.56. The summed E-state index contributed by atoms with van der Waals surface area (Å²) in [6.45, 7) is 4.22. The van der Waals surface area contributed by atoms with Crippen molar-refractivity contribution in [2.24, 2.45) is 0 Å². The first-order valence-corrected chi connectivity index (χ1v) is 22.7. The van der Waals surface area contributed by atoms with Crippen LogP contribution in [0.5, 0.6) is 11.5 Å². The lowest BCUT2D eigenvalue weighted by Crippen LogP contribution is -2.42. The molecule has 0 saturated heterocycles. The zero-order valence-corrected chi connectivity index (χ0v) is 35.4. The predicted octanol–water partition coefficient (Wildman–Crippen LogP) is 8.34. The van der Waals surface area contributed by atoms with E-state index in [9.17, 15) is 36.0 Å². The number of benzene rings is 5. The summed E-state index contributed by atoms with van der Waals surface area (Å²) in [6, 6.07) is 19.9. The summed E-state index contributed by atoms with van der Waals surface area (Å²) >= 11 is 0. The second-order valence-corrected chi connectivity index (χ2v) is 16.8. The molecule has 318 valence electrons. The van der Waals surface area contributed by atoms with Crippen molar-refractivity contribution in [3.63, 3.8) is 0 Å². The van der Waals surface area contributed by atoms with Crippen LogP contribution in [0.25, 0.3) is 21.5 Å². The minimum atomic E-state index is -5.25. The van der Waals surface area contributed by atoms with Crippen molar-refractivity contribution in [2.45, 2.75) is 78.1 Å². The van der Waals surface area contributed by atoms with Gasteiger partial charge in [-0.15, -0.1) is 18.7 Å². The van der Waals surface area contributed by atoms with Crippen molar-refractivity contribution in [1.82, 2.24) is 10.1 Å². The average molecular weight is 877 g/mol. The van der Waals surface area contributed by atoms with Gasteiger partial charge in [-0.1, -0.05) is 106 Å². The molecule has 4 amide bonds. The van der Waals surface area contributed by atoms with Gasteiger partial charge in [-0.2, -0.15) is 16.8 Å². The van der Waals surface area contributed by atoms with Crippen molar-refractivity contribution in [3.8, 4) is 35.2 Å². The molecule has 2 heterocycles. The SMILES string of the molecule is CCCCCCC#Cc1cc2c3c(cccc3c1)C(=O)N(OS(=O)(=O)Oc1cccc(OS(=O)(=O)ON3C(=O)c4cccc5cc(C#CCCCCCC)cc(c45)C3=O)c1)C2=O. The van der Waals surface area contributed by atoms with Gasteiger partial charge in [0.2, 0.25) is 0 Å². The van der Waals surface area contributed by atoms with Crippen LogP contribution < -0.4 is 8.37 Å². The van der Waals surface area contributed by atoms with Crippen molar-refractivity contribution in [3.05, 3.63) is 118 Å². The van der Waals surface area contributed by atoms with Gasteiger partial charge >= 0.3 is 20.8 Å². The van der Waals surface area contributed by atoms with Gasteiger partial charge in [-0.05, 0) is 72.1 Å². The third kappa shape index (κ3) is 9.64. The number of hydrogen-bond donors (Lipinski definition) is 0. The van der Waals surface area contributed by atoms with E-state index in [1.165, 1.54) is 24.3 Å². The first-order valence-electron chi connectivity index (χ1n) is 20.1. The molecule has 2 aliphatic rings. The second-order valence-electron chi connectivity index (χ2n) is 14.5. The maximum atomic E-state index is 13.6. The number of hydrogen-bond acceptors (Lipinski definition) is 12. The molecule has 7 rings (SSSR count). The summed E-state index contributed by atoms with van der Waals surface area (Å²) < 4.78 is 72.6. The van der Waals surface area contributed by atoms with Gasteiger partial charge in [0.15, 0.2) is 0 Å². The van der Waals surface area contributed by atoms with Crippen LogP contribution in [0.3, 0.4) is 0 Å². The molecule has 0 spiro atoms. The summed E-state index contributed by atoms with van der Waals surface area (Å²) in [7, 11) is -10.5. The van der Waals surface area contributed by atoms with Gasteiger partial charge in [-0.25, -0.2) is 0 Å². The third-order valence-corrected chi connectivity index (χ3v) is 11.4. The van der Waals surface area contributed by atoms with Gasteiger partial charge in [0.25, 0.3) is 23.6 Å². The predicted molar refractivity (Wildman–Crippen MR) is 228 cm³/mol. The number of rotatable bonds is 16. The number of imide groups is 2. The van der Waals surface area contributed by atoms with E-state index >= 15 is 0 Å². The molecule has 0 atom stereocenters. The minimum Gasteiger partial charge on any atom is -0.360 e. The summed E-state index contributed by atoms with van der Waals surface area (Å²) in [5.41, 5.74) is 0.933. The van der Waals surface area contributed by atoms with Crippen LogP contribution in [0.4, 0.5) is 0 Å². The molecule has 5 aromatic carbocycles. The third-order valence-electron chi connectivity index (χ3n) is 9.92. The first kappa shape index (κ1) is 43.5. The molecule has 0 N–H and O–H groups in total. The Balaban J connectivity index is 1.04. The highest BCUT2D eigenvalue weighted by Gasteiger charge is 2.40. The zero-order chi connectivity index (χ0) is 44.0. The van der Waals surface area contributed by atoms with Gasteiger partial charge in [-0.3, -0.25) is 19.2 Å². The molecule has 0 radical (unpaired) electrons. The molecule has 0 aromatic heterocycles. The Morgan fingerprint density at radius 3 is 1.31 bits per heavy atom. The van der Waals surface area contributed by atoms with Crippen LogP contribution >= 0.6 is 0 Å². The van der Waals surface area contributed by atoms with Crippen LogP contribution in [-0.4, -0.2) is 50.6 Å². The fourth-order valence-electron chi connectivity index (χ4n) is 7.09. The van der Waals surface area contributed by atoms with E-state index in [-0.39, 0.29) is 32.4 Å². The number of unbranched alkanes of at least 4 members (excludes halogenated alkanes) is 8. The fourth-order valence-corrected chi connectivity index (χ4v) is 8.46. The lowest BCUT2D eigenvalue weighted by atomic mass is 9.93. The summed E-state index contributed by atoms with van der Waals surface area (Å²) in [5.74, 6) is 6.81. The molecule has 0 fully saturated rings. The summed E-state index contributed by atoms with van der Waals surface area (Å²) in [4.78, 5) is 54.2. The zero-order valence-electron chi connectivity index (χ0n) is 33.8. The highest BCUT2D eigenvalue weighted by Crippen LogP contribution is 2.34. The molecule has 2 aliphatic heterocycles. The molecule has 0 saturated carbocycles. The number of carbonyl (C=O) groups excluding carboxylic acids is 4.